The van der Waals surface area contributed by atoms with Gasteiger partial charge in [-0.05, 0) is 0 Å². The van der Waals surface area contributed by atoms with E-state index in [9.17, 15) is 0 Å². The minimum absolute atomic E-state index is 0. The van der Waals surface area contributed by atoms with Crippen molar-refractivity contribution in [3.05, 3.63) is 0 Å². The van der Waals surface area contributed by atoms with Gasteiger partial charge in [0.1, 0.15) is 0 Å². The van der Waals surface area contributed by atoms with Crippen LogP contribution in [0.5, 0.6) is 0 Å². The fourth-order valence-electron chi connectivity index (χ4n) is 1.21. The molecule has 0 N–H and O–H groups in total. The highest BCUT2D eigenvalue weighted by atomic mass is 35.5. The van der Waals surface area contributed by atoms with Gasteiger partial charge in [0.25, 0.3) is 0 Å². The van der Waals surface area contributed by atoms with Crippen molar-refractivity contribution in [2.45, 2.75) is 65.2 Å². The van der Waals surface area contributed by atoms with Gasteiger partial charge in [-0.1, -0.05) is 78.7 Å². The molecule has 0 unspecified atom stereocenters. The summed E-state index contributed by atoms with van der Waals surface area (Å²) in [6, 6.07) is 0. The standard InChI is InChI=1S/C10H22.ClH.H2S/c1-3-5-7-9-10-8-6-4-2;;/h3-10H2,1-2H3;1H;1H2. The molecule has 0 aromatic rings. The largest absolute Gasteiger partial charge is 1.00 e. The molecule has 0 heterocycles. The summed E-state index contributed by atoms with van der Waals surface area (Å²) in [5.41, 5.74) is 0. The molecule has 0 amide bonds. The molecular formula is C10H25ClS. The lowest BCUT2D eigenvalue weighted by molar-refractivity contribution is -0.00000250. The van der Waals surface area contributed by atoms with E-state index in [4.69, 9.17) is 0 Å². The van der Waals surface area contributed by atoms with E-state index in [1.165, 1.54) is 51.4 Å². The van der Waals surface area contributed by atoms with Gasteiger partial charge in [0, 0.05) is 0 Å². The van der Waals surface area contributed by atoms with Crippen molar-refractivity contribution in [3.63, 3.8) is 0 Å². The monoisotopic (exact) mass is 212 g/mol. The van der Waals surface area contributed by atoms with Crippen LogP contribution < -0.4 is 12.4 Å². The fourth-order valence-corrected chi connectivity index (χ4v) is 1.21. The van der Waals surface area contributed by atoms with Crippen molar-refractivity contribution in [3.8, 4) is 0 Å². The Labute approximate surface area is 91.4 Å². The first-order valence-corrected chi connectivity index (χ1v) is 4.91. The van der Waals surface area contributed by atoms with E-state index >= 15 is 0 Å². The van der Waals surface area contributed by atoms with E-state index in [1.807, 2.05) is 0 Å². The highest BCUT2D eigenvalue weighted by Crippen LogP contribution is 2.07. The van der Waals surface area contributed by atoms with Gasteiger partial charge in [0.2, 0.25) is 0 Å². The van der Waals surface area contributed by atoms with Gasteiger partial charge in [-0.15, -0.1) is 0 Å². The van der Waals surface area contributed by atoms with Crippen LogP contribution in [-0.4, -0.2) is 0 Å². The Hall–Kier alpha value is 0.640. The van der Waals surface area contributed by atoms with Gasteiger partial charge in [0.05, 0.1) is 0 Å². The first-order chi connectivity index (χ1) is 4.91. The zero-order valence-corrected chi connectivity index (χ0v) is 10.5. The molecule has 0 aromatic carbocycles. The summed E-state index contributed by atoms with van der Waals surface area (Å²) in [6.45, 7) is 4.54. The maximum Gasteiger partial charge on any atom is -0.0533 e. The third-order valence-electron chi connectivity index (χ3n) is 1.96. The molecule has 0 atom stereocenters. The summed E-state index contributed by atoms with van der Waals surface area (Å²) >= 11 is 0. The van der Waals surface area contributed by atoms with E-state index < -0.39 is 0 Å². The zero-order chi connectivity index (χ0) is 7.66. The number of halogens is 1. The Kier molecular flexibility index (Phi) is 27.1. The van der Waals surface area contributed by atoms with Crippen LogP contribution in [0.25, 0.3) is 0 Å². The summed E-state index contributed by atoms with van der Waals surface area (Å²) in [5, 5.41) is 0. The van der Waals surface area contributed by atoms with E-state index in [1.54, 1.807) is 0 Å². The van der Waals surface area contributed by atoms with Crippen LogP contribution in [0.15, 0.2) is 0 Å². The van der Waals surface area contributed by atoms with Crippen molar-refractivity contribution in [2.75, 3.05) is 0 Å². The van der Waals surface area contributed by atoms with Crippen LogP contribution in [0.4, 0.5) is 0 Å². The fraction of sp³-hybridized carbons (Fsp3) is 1.00. The summed E-state index contributed by atoms with van der Waals surface area (Å²) in [4.78, 5) is 0. The third-order valence-corrected chi connectivity index (χ3v) is 1.96. The highest BCUT2D eigenvalue weighted by molar-refractivity contribution is 7.37. The Morgan fingerprint density at radius 2 is 0.833 bits per heavy atom. The van der Waals surface area contributed by atoms with Gasteiger partial charge in [-0.2, -0.15) is 0 Å². The molecule has 78 valence electrons. The molecule has 0 aliphatic rings. The van der Waals surface area contributed by atoms with Crippen molar-refractivity contribution >= 4 is 13.5 Å². The molecule has 0 saturated carbocycles. The number of unbranched alkanes of at least 4 members (excludes halogenated alkanes) is 7. The van der Waals surface area contributed by atoms with Crippen molar-refractivity contribution in [1.29, 1.82) is 0 Å². The third kappa shape index (κ3) is 16.9. The molecule has 0 saturated heterocycles. The number of hydrogen-bond acceptors (Lipinski definition) is 0. The quantitative estimate of drug-likeness (QED) is 0.422. The predicted octanol–water partition coefficient (Wildman–Crippen LogP) is 0.345. The van der Waals surface area contributed by atoms with Gasteiger partial charge < -0.3 is 12.4 Å². The maximum absolute atomic E-state index is 2.27. The Balaban J connectivity index is -0.000000405. The molecule has 12 heavy (non-hydrogen) atoms. The molecule has 0 radical (unpaired) electrons. The Morgan fingerprint density at radius 1 is 0.583 bits per heavy atom. The molecule has 0 aliphatic heterocycles. The molecular weight excluding hydrogens is 188 g/mol. The lowest BCUT2D eigenvalue weighted by atomic mass is 10.1. The van der Waals surface area contributed by atoms with E-state index in [0.29, 0.717) is 0 Å². The average molecular weight is 213 g/mol. The number of rotatable bonds is 7. The Morgan fingerprint density at radius 3 is 1.08 bits per heavy atom. The first-order valence-electron chi connectivity index (χ1n) is 4.91. The first kappa shape index (κ1) is 18.4. The highest BCUT2D eigenvalue weighted by Gasteiger charge is 1.87. The van der Waals surface area contributed by atoms with E-state index in [2.05, 4.69) is 13.8 Å². The molecule has 0 nitrogen and oxygen atoms in total. The molecule has 2 heteroatoms. The second-order valence-corrected chi connectivity index (χ2v) is 3.12. The van der Waals surface area contributed by atoms with Crippen LogP contribution in [0.3, 0.4) is 0 Å². The van der Waals surface area contributed by atoms with Gasteiger partial charge >= 0.3 is 0 Å². The topological polar surface area (TPSA) is 0 Å². The van der Waals surface area contributed by atoms with E-state index in [-0.39, 0.29) is 25.9 Å². The van der Waals surface area contributed by atoms with Gasteiger partial charge in [-0.25, -0.2) is 0 Å². The Bertz CT molecular complexity index is 49.8. The zero-order valence-electron chi connectivity index (χ0n) is 8.61. The maximum atomic E-state index is 2.27. The summed E-state index contributed by atoms with van der Waals surface area (Å²) in [6.07, 6.45) is 11.5. The summed E-state index contributed by atoms with van der Waals surface area (Å²) in [7, 11) is 0. The normalized spacial score (nSPS) is 8.50. The minimum atomic E-state index is 0. The minimum Gasteiger partial charge on any atom is -1.00 e. The SMILES string of the molecule is CCCCCCCCCC.[Cl-].[SH3+]. The molecule has 0 spiro atoms. The van der Waals surface area contributed by atoms with Crippen molar-refractivity contribution in [2.24, 2.45) is 0 Å². The molecule has 0 aliphatic carbocycles. The lowest BCUT2D eigenvalue weighted by Crippen LogP contribution is -3.00. The van der Waals surface area contributed by atoms with Crippen LogP contribution in [0, 0.1) is 0 Å². The second kappa shape index (κ2) is 17.7. The van der Waals surface area contributed by atoms with Crippen molar-refractivity contribution in [1.82, 2.24) is 0 Å². The number of hydrogen-bond donors (Lipinski definition) is 0. The molecule has 0 aromatic heterocycles. The van der Waals surface area contributed by atoms with Crippen molar-refractivity contribution < 1.29 is 12.4 Å². The van der Waals surface area contributed by atoms with Gasteiger partial charge in [0.15, 0.2) is 0 Å². The van der Waals surface area contributed by atoms with Crippen LogP contribution >= 0.6 is 0 Å². The summed E-state index contributed by atoms with van der Waals surface area (Å²) in [5.74, 6) is 0. The van der Waals surface area contributed by atoms with Crippen LogP contribution in [-0.2, 0) is 13.5 Å². The molecule has 0 rings (SSSR count). The van der Waals surface area contributed by atoms with Gasteiger partial charge in [-0.3, -0.25) is 0 Å². The molecule has 0 bridgehead atoms. The second-order valence-electron chi connectivity index (χ2n) is 3.12. The average Bonchev–Trinajstić information content (AvgIpc) is 1.97. The van der Waals surface area contributed by atoms with E-state index in [0.717, 1.165) is 0 Å². The van der Waals surface area contributed by atoms with Crippen LogP contribution in [0.2, 0.25) is 0 Å². The lowest BCUT2D eigenvalue weighted by Gasteiger charge is -1.97. The smallest absolute Gasteiger partial charge is 0.0533 e. The predicted molar refractivity (Wildman–Crippen MR) is 59.8 cm³/mol. The summed E-state index contributed by atoms with van der Waals surface area (Å²) < 4.78 is 0. The van der Waals surface area contributed by atoms with Crippen LogP contribution in [0.1, 0.15) is 65.2 Å². The molecule has 0 fully saturated rings.